The van der Waals surface area contributed by atoms with Crippen molar-refractivity contribution >= 4 is 23.3 Å². The Bertz CT molecular complexity index is 803. The number of anilines is 1. The van der Waals surface area contributed by atoms with Crippen LogP contribution >= 0.6 is 0 Å². The highest BCUT2D eigenvalue weighted by atomic mass is 16.6. The molecule has 124 valence electrons. The van der Waals surface area contributed by atoms with E-state index >= 15 is 0 Å². The Kier molecular flexibility index (Phi) is 5.10. The Labute approximate surface area is 136 Å². The van der Waals surface area contributed by atoms with Gasteiger partial charge in [0.1, 0.15) is 0 Å². The number of amides is 1. The Balaban J connectivity index is 2.06. The van der Waals surface area contributed by atoms with Crippen LogP contribution in [0.25, 0.3) is 0 Å². The van der Waals surface area contributed by atoms with Crippen LogP contribution in [0.5, 0.6) is 5.75 Å². The summed E-state index contributed by atoms with van der Waals surface area (Å²) in [5, 5.41) is 22.4. The van der Waals surface area contributed by atoms with Crippen LogP contribution in [0.2, 0.25) is 0 Å². The third-order valence-electron chi connectivity index (χ3n) is 3.18. The summed E-state index contributed by atoms with van der Waals surface area (Å²) in [6.07, 6.45) is 0. The van der Waals surface area contributed by atoms with Crippen LogP contribution in [0.3, 0.4) is 0 Å². The topological polar surface area (TPSA) is 119 Å². The molecule has 0 aromatic heterocycles. The van der Waals surface area contributed by atoms with Gasteiger partial charge in [-0.05, 0) is 30.7 Å². The minimum absolute atomic E-state index is 0.0198. The average molecular weight is 330 g/mol. The molecule has 2 aromatic carbocycles. The SMILES string of the molecule is Cc1ccc(C(=O)O)cc1NC(=O)COc1ccccc1[N+](=O)[O-]. The molecule has 0 saturated carbocycles. The van der Waals surface area contributed by atoms with Crippen molar-refractivity contribution in [2.45, 2.75) is 6.92 Å². The molecule has 0 atom stereocenters. The van der Waals surface area contributed by atoms with Crippen LogP contribution in [0.1, 0.15) is 15.9 Å². The number of nitrogens with one attached hydrogen (secondary N) is 1. The van der Waals surface area contributed by atoms with Crippen molar-refractivity contribution in [1.82, 2.24) is 0 Å². The van der Waals surface area contributed by atoms with E-state index in [1.807, 2.05) is 0 Å². The van der Waals surface area contributed by atoms with Crippen LogP contribution in [0.4, 0.5) is 11.4 Å². The first-order chi connectivity index (χ1) is 11.4. The molecule has 2 rings (SSSR count). The Morgan fingerprint density at radius 1 is 1.25 bits per heavy atom. The fourth-order valence-corrected chi connectivity index (χ4v) is 1.95. The van der Waals surface area contributed by atoms with Crippen LogP contribution in [0, 0.1) is 17.0 Å². The van der Waals surface area contributed by atoms with Crippen LogP contribution in [-0.4, -0.2) is 28.5 Å². The van der Waals surface area contributed by atoms with E-state index in [-0.39, 0.29) is 17.0 Å². The highest BCUT2D eigenvalue weighted by Crippen LogP contribution is 2.25. The molecule has 0 saturated heterocycles. The lowest BCUT2D eigenvalue weighted by Gasteiger charge is -2.10. The van der Waals surface area contributed by atoms with Gasteiger partial charge in [0.2, 0.25) is 0 Å². The number of aryl methyl sites for hydroxylation is 1. The normalized spacial score (nSPS) is 10.0. The van der Waals surface area contributed by atoms with E-state index in [1.165, 1.54) is 30.3 Å². The van der Waals surface area contributed by atoms with E-state index in [1.54, 1.807) is 19.1 Å². The average Bonchev–Trinajstić information content (AvgIpc) is 2.55. The first-order valence-electron chi connectivity index (χ1n) is 6.88. The lowest BCUT2D eigenvalue weighted by molar-refractivity contribution is -0.385. The van der Waals surface area contributed by atoms with E-state index in [0.717, 1.165) is 0 Å². The number of carboxylic acid groups (broad SMARTS) is 1. The zero-order valence-electron chi connectivity index (χ0n) is 12.7. The van der Waals surface area contributed by atoms with Crippen LogP contribution in [-0.2, 0) is 4.79 Å². The van der Waals surface area contributed by atoms with Gasteiger partial charge >= 0.3 is 11.7 Å². The molecule has 8 heteroatoms. The number of ether oxygens (including phenoxy) is 1. The third kappa shape index (κ3) is 4.07. The third-order valence-corrected chi connectivity index (χ3v) is 3.18. The van der Waals surface area contributed by atoms with Crippen molar-refractivity contribution in [3.8, 4) is 5.75 Å². The van der Waals surface area contributed by atoms with Gasteiger partial charge in [-0.2, -0.15) is 0 Å². The molecule has 1 amide bonds. The van der Waals surface area contributed by atoms with E-state index in [0.29, 0.717) is 11.3 Å². The summed E-state index contributed by atoms with van der Waals surface area (Å²) in [6.45, 7) is 1.27. The molecular formula is C16H14N2O6. The summed E-state index contributed by atoms with van der Waals surface area (Å²) < 4.78 is 5.18. The number of nitrogens with zero attached hydrogens (tertiary/aromatic N) is 1. The number of hydrogen-bond acceptors (Lipinski definition) is 5. The summed E-state index contributed by atoms with van der Waals surface area (Å²) in [7, 11) is 0. The highest BCUT2D eigenvalue weighted by molar-refractivity contribution is 5.95. The molecule has 0 aliphatic carbocycles. The van der Waals surface area contributed by atoms with Crippen molar-refractivity contribution < 1.29 is 24.4 Å². The second kappa shape index (κ2) is 7.23. The summed E-state index contributed by atoms with van der Waals surface area (Å²) >= 11 is 0. The molecule has 2 N–H and O–H groups in total. The number of benzene rings is 2. The van der Waals surface area contributed by atoms with E-state index < -0.39 is 23.4 Å². The fourth-order valence-electron chi connectivity index (χ4n) is 1.95. The molecule has 0 radical (unpaired) electrons. The number of aromatic carboxylic acids is 1. The first-order valence-corrected chi connectivity index (χ1v) is 6.88. The second-order valence-electron chi connectivity index (χ2n) is 4.90. The van der Waals surface area contributed by atoms with Gasteiger partial charge in [-0.1, -0.05) is 18.2 Å². The molecule has 0 bridgehead atoms. The minimum Gasteiger partial charge on any atom is -0.478 e. The lowest BCUT2D eigenvalue weighted by atomic mass is 10.1. The first kappa shape index (κ1) is 16.9. The van der Waals surface area contributed by atoms with Gasteiger partial charge in [0.15, 0.2) is 12.4 Å². The van der Waals surface area contributed by atoms with Gasteiger partial charge in [0.25, 0.3) is 5.91 Å². The van der Waals surface area contributed by atoms with Crippen LogP contribution in [0.15, 0.2) is 42.5 Å². The number of hydrogen-bond donors (Lipinski definition) is 2. The molecular weight excluding hydrogens is 316 g/mol. The quantitative estimate of drug-likeness (QED) is 0.621. The van der Waals surface area contributed by atoms with Crippen LogP contribution < -0.4 is 10.1 Å². The molecule has 0 heterocycles. The summed E-state index contributed by atoms with van der Waals surface area (Å²) in [5.41, 5.74) is 0.815. The standard InChI is InChI=1S/C16H14N2O6/c1-10-6-7-11(16(20)21)8-12(10)17-15(19)9-24-14-5-3-2-4-13(14)18(22)23/h2-8H,9H2,1H3,(H,17,19)(H,20,21). The molecule has 0 aliphatic heterocycles. The molecule has 0 aliphatic rings. The molecule has 24 heavy (non-hydrogen) atoms. The second-order valence-corrected chi connectivity index (χ2v) is 4.90. The minimum atomic E-state index is -1.11. The van der Waals surface area contributed by atoms with Gasteiger partial charge in [0, 0.05) is 11.8 Å². The zero-order chi connectivity index (χ0) is 17.7. The van der Waals surface area contributed by atoms with Gasteiger partial charge in [-0.3, -0.25) is 14.9 Å². The number of nitro benzene ring substituents is 1. The van der Waals surface area contributed by atoms with Gasteiger partial charge in [-0.15, -0.1) is 0 Å². The van der Waals surface area contributed by atoms with Crippen molar-refractivity contribution in [3.05, 3.63) is 63.7 Å². The number of rotatable bonds is 6. The Morgan fingerprint density at radius 3 is 2.62 bits per heavy atom. The van der Waals surface area contributed by atoms with E-state index in [2.05, 4.69) is 5.32 Å². The van der Waals surface area contributed by atoms with E-state index in [4.69, 9.17) is 9.84 Å². The summed E-state index contributed by atoms with van der Waals surface area (Å²) in [4.78, 5) is 33.2. The van der Waals surface area contributed by atoms with Crippen molar-refractivity contribution in [1.29, 1.82) is 0 Å². The smallest absolute Gasteiger partial charge is 0.335 e. The van der Waals surface area contributed by atoms with Gasteiger partial charge in [0.05, 0.1) is 10.5 Å². The number of carbonyl (C=O) groups is 2. The Morgan fingerprint density at radius 2 is 1.96 bits per heavy atom. The van der Waals surface area contributed by atoms with Crippen molar-refractivity contribution in [2.24, 2.45) is 0 Å². The van der Waals surface area contributed by atoms with E-state index in [9.17, 15) is 19.7 Å². The molecule has 0 fully saturated rings. The monoisotopic (exact) mass is 330 g/mol. The lowest BCUT2D eigenvalue weighted by Crippen LogP contribution is -2.21. The number of carboxylic acids is 1. The predicted octanol–water partition coefficient (Wildman–Crippen LogP) is 2.62. The molecule has 2 aromatic rings. The van der Waals surface area contributed by atoms with Crippen molar-refractivity contribution in [2.75, 3.05) is 11.9 Å². The maximum Gasteiger partial charge on any atom is 0.335 e. The number of nitro groups is 1. The highest BCUT2D eigenvalue weighted by Gasteiger charge is 2.15. The largest absolute Gasteiger partial charge is 0.478 e. The Hall–Kier alpha value is -3.42. The predicted molar refractivity (Wildman–Crippen MR) is 85.4 cm³/mol. The number of para-hydroxylation sites is 2. The molecule has 8 nitrogen and oxygen atoms in total. The van der Waals surface area contributed by atoms with Gasteiger partial charge in [-0.25, -0.2) is 4.79 Å². The fraction of sp³-hybridized carbons (Fsp3) is 0.125. The summed E-state index contributed by atoms with van der Waals surface area (Å²) in [5.74, 6) is -1.69. The molecule has 0 unspecified atom stereocenters. The summed E-state index contributed by atoms with van der Waals surface area (Å²) in [6, 6.07) is 10.0. The van der Waals surface area contributed by atoms with Crippen molar-refractivity contribution in [3.63, 3.8) is 0 Å². The maximum atomic E-state index is 11.9. The molecule has 0 spiro atoms. The maximum absolute atomic E-state index is 11.9. The van der Waals surface area contributed by atoms with Gasteiger partial charge < -0.3 is 15.2 Å². The number of carbonyl (C=O) groups excluding carboxylic acids is 1. The zero-order valence-corrected chi connectivity index (χ0v) is 12.7.